The Labute approximate surface area is 179 Å². The number of imide groups is 1. The van der Waals surface area contributed by atoms with Crippen molar-refractivity contribution in [2.24, 2.45) is 0 Å². The van der Waals surface area contributed by atoms with E-state index in [-0.39, 0.29) is 18.4 Å². The average molecular weight is 418 g/mol. The summed E-state index contributed by atoms with van der Waals surface area (Å²) in [4.78, 5) is 38.5. The second-order valence-electron chi connectivity index (χ2n) is 7.13. The molecule has 0 bridgehead atoms. The minimum Gasteiger partial charge on any atom is -0.467 e. The summed E-state index contributed by atoms with van der Waals surface area (Å²) in [7, 11) is 0. The van der Waals surface area contributed by atoms with E-state index in [9.17, 15) is 14.4 Å². The van der Waals surface area contributed by atoms with Gasteiger partial charge >= 0.3 is 5.97 Å². The Morgan fingerprint density at radius 1 is 0.903 bits per heavy atom. The van der Waals surface area contributed by atoms with E-state index in [1.165, 1.54) is 4.90 Å². The number of furan rings is 1. The van der Waals surface area contributed by atoms with Gasteiger partial charge in [-0.05, 0) is 49.2 Å². The summed E-state index contributed by atoms with van der Waals surface area (Å²) in [5.74, 6) is -0.206. The van der Waals surface area contributed by atoms with Crippen molar-refractivity contribution in [3.8, 4) is 0 Å². The number of unbranched alkanes of at least 4 members (excludes halogenated alkanes) is 1. The van der Waals surface area contributed by atoms with Crippen LogP contribution in [0.5, 0.6) is 0 Å². The molecule has 158 valence electrons. The van der Waals surface area contributed by atoms with Gasteiger partial charge in [-0.3, -0.25) is 14.5 Å². The van der Waals surface area contributed by atoms with Gasteiger partial charge in [0.25, 0.3) is 11.8 Å². The Bertz CT molecular complexity index is 1060. The van der Waals surface area contributed by atoms with Gasteiger partial charge in [0.2, 0.25) is 0 Å². The third-order valence-electron chi connectivity index (χ3n) is 5.07. The number of esters is 1. The number of anilines is 1. The summed E-state index contributed by atoms with van der Waals surface area (Å²) >= 11 is 0. The molecular weight excluding hydrogens is 396 g/mol. The number of ether oxygens (including phenoxy) is 1. The minimum atomic E-state index is -0.428. The maximum Gasteiger partial charge on any atom is 0.340 e. The van der Waals surface area contributed by atoms with Gasteiger partial charge in [-0.1, -0.05) is 24.3 Å². The van der Waals surface area contributed by atoms with Crippen LogP contribution in [0.25, 0.3) is 0 Å². The number of hydrogen-bond acceptors (Lipinski definition) is 6. The average Bonchev–Trinajstić information content (AvgIpc) is 3.40. The van der Waals surface area contributed by atoms with Crippen LogP contribution in [0.15, 0.2) is 71.3 Å². The number of rotatable bonds is 9. The number of hydrogen-bond donors (Lipinski definition) is 1. The molecule has 2 amide bonds. The molecule has 0 saturated carbocycles. The van der Waals surface area contributed by atoms with E-state index >= 15 is 0 Å². The van der Waals surface area contributed by atoms with Crippen LogP contribution in [0, 0.1) is 0 Å². The molecule has 0 spiro atoms. The second-order valence-corrected chi connectivity index (χ2v) is 7.13. The lowest BCUT2D eigenvalue weighted by atomic mass is 10.1. The molecule has 2 aromatic carbocycles. The zero-order valence-corrected chi connectivity index (χ0v) is 16.9. The molecule has 2 heterocycles. The number of para-hydroxylation sites is 1. The summed E-state index contributed by atoms with van der Waals surface area (Å²) < 4.78 is 10.7. The lowest BCUT2D eigenvalue weighted by molar-refractivity contribution is 0.0486. The van der Waals surface area contributed by atoms with Gasteiger partial charge in [-0.15, -0.1) is 0 Å². The molecule has 0 unspecified atom stereocenters. The van der Waals surface area contributed by atoms with Crippen molar-refractivity contribution >= 4 is 23.5 Å². The van der Waals surface area contributed by atoms with Crippen LogP contribution in [-0.4, -0.2) is 35.8 Å². The number of nitrogens with one attached hydrogen (secondary N) is 1. The molecule has 1 aromatic heterocycles. The maximum absolute atomic E-state index is 12.5. The predicted molar refractivity (Wildman–Crippen MR) is 114 cm³/mol. The van der Waals surface area contributed by atoms with E-state index < -0.39 is 5.97 Å². The standard InChI is InChI=1S/C24H22N2O5/c27-22-18-9-1-2-10-19(18)23(28)26(22)13-5-6-14-31-24(29)20-11-3-4-12-21(20)25-16-17-8-7-15-30-17/h1-4,7-12,15,25H,5-6,13-14,16H2. The number of fused-ring (bicyclic) bond motifs is 1. The quantitative estimate of drug-likeness (QED) is 0.319. The van der Waals surface area contributed by atoms with Crippen molar-refractivity contribution < 1.29 is 23.5 Å². The van der Waals surface area contributed by atoms with E-state index in [0.29, 0.717) is 48.3 Å². The molecule has 1 N–H and O–H groups in total. The summed E-state index contributed by atoms with van der Waals surface area (Å²) in [5, 5.41) is 3.18. The number of carbonyl (C=O) groups is 3. The molecule has 0 fully saturated rings. The molecule has 0 aliphatic carbocycles. The van der Waals surface area contributed by atoms with Gasteiger partial charge in [-0.25, -0.2) is 4.79 Å². The zero-order chi connectivity index (χ0) is 21.6. The largest absolute Gasteiger partial charge is 0.467 e. The first kappa shape index (κ1) is 20.4. The monoisotopic (exact) mass is 418 g/mol. The van der Waals surface area contributed by atoms with Crippen LogP contribution >= 0.6 is 0 Å². The molecule has 0 saturated heterocycles. The lowest BCUT2D eigenvalue weighted by Gasteiger charge is -2.14. The first-order valence-corrected chi connectivity index (χ1v) is 10.1. The molecule has 3 aromatic rings. The van der Waals surface area contributed by atoms with Crippen LogP contribution in [0.4, 0.5) is 5.69 Å². The van der Waals surface area contributed by atoms with Gasteiger partial charge in [0, 0.05) is 12.2 Å². The van der Waals surface area contributed by atoms with Crippen molar-refractivity contribution in [2.75, 3.05) is 18.5 Å². The van der Waals surface area contributed by atoms with Crippen molar-refractivity contribution in [2.45, 2.75) is 19.4 Å². The van der Waals surface area contributed by atoms with E-state index in [1.54, 1.807) is 48.7 Å². The fourth-order valence-corrected chi connectivity index (χ4v) is 3.47. The molecule has 7 nitrogen and oxygen atoms in total. The summed E-state index contributed by atoms with van der Waals surface area (Å²) in [6.07, 6.45) is 2.69. The van der Waals surface area contributed by atoms with Crippen LogP contribution in [0.1, 0.15) is 49.7 Å². The Morgan fingerprint density at radius 3 is 2.32 bits per heavy atom. The van der Waals surface area contributed by atoms with Crippen LogP contribution in [-0.2, 0) is 11.3 Å². The van der Waals surface area contributed by atoms with Crippen molar-refractivity contribution in [3.05, 3.63) is 89.4 Å². The molecule has 0 atom stereocenters. The highest BCUT2D eigenvalue weighted by molar-refractivity contribution is 6.21. The van der Waals surface area contributed by atoms with E-state index in [2.05, 4.69) is 5.32 Å². The minimum absolute atomic E-state index is 0.203. The summed E-state index contributed by atoms with van der Waals surface area (Å²) in [6, 6.07) is 17.6. The maximum atomic E-state index is 12.5. The number of carbonyl (C=O) groups excluding carboxylic acids is 3. The number of amides is 2. The number of benzene rings is 2. The zero-order valence-electron chi connectivity index (χ0n) is 16.9. The molecule has 31 heavy (non-hydrogen) atoms. The fraction of sp³-hybridized carbons (Fsp3) is 0.208. The van der Waals surface area contributed by atoms with E-state index in [0.717, 1.165) is 5.76 Å². The molecule has 7 heteroatoms. The summed E-state index contributed by atoms with van der Waals surface area (Å²) in [6.45, 7) is 0.956. The fourth-order valence-electron chi connectivity index (χ4n) is 3.47. The highest BCUT2D eigenvalue weighted by atomic mass is 16.5. The molecular formula is C24H22N2O5. The molecule has 1 aliphatic heterocycles. The number of nitrogens with zero attached hydrogens (tertiary/aromatic N) is 1. The molecule has 0 radical (unpaired) electrons. The van der Waals surface area contributed by atoms with Gasteiger partial charge < -0.3 is 14.5 Å². The van der Waals surface area contributed by atoms with Crippen LogP contribution in [0.3, 0.4) is 0 Å². The Kier molecular flexibility index (Phi) is 6.12. The summed E-state index contributed by atoms with van der Waals surface area (Å²) in [5.41, 5.74) is 1.99. The van der Waals surface area contributed by atoms with Crippen LogP contribution in [0.2, 0.25) is 0 Å². The smallest absolute Gasteiger partial charge is 0.340 e. The lowest BCUT2D eigenvalue weighted by Crippen LogP contribution is -2.30. The molecule has 1 aliphatic rings. The highest BCUT2D eigenvalue weighted by Crippen LogP contribution is 2.23. The predicted octanol–water partition coefficient (Wildman–Crippen LogP) is 4.12. The highest BCUT2D eigenvalue weighted by Gasteiger charge is 2.34. The normalized spacial score (nSPS) is 12.7. The second kappa shape index (κ2) is 9.30. The van der Waals surface area contributed by atoms with Gasteiger partial charge in [-0.2, -0.15) is 0 Å². The topological polar surface area (TPSA) is 88.8 Å². The molecule has 4 rings (SSSR count). The van der Waals surface area contributed by atoms with E-state index in [4.69, 9.17) is 9.15 Å². The van der Waals surface area contributed by atoms with Gasteiger partial charge in [0.1, 0.15) is 5.76 Å². The van der Waals surface area contributed by atoms with Crippen LogP contribution < -0.4 is 5.32 Å². The Morgan fingerprint density at radius 2 is 1.61 bits per heavy atom. The van der Waals surface area contributed by atoms with E-state index in [1.807, 2.05) is 18.2 Å². The first-order valence-electron chi connectivity index (χ1n) is 10.1. The van der Waals surface area contributed by atoms with Crippen molar-refractivity contribution in [1.29, 1.82) is 0 Å². The Hall–Kier alpha value is -3.87. The SMILES string of the molecule is O=C(OCCCCN1C(=O)c2ccccc2C1=O)c1ccccc1NCc1ccco1. The van der Waals surface area contributed by atoms with Gasteiger partial charge in [0.15, 0.2) is 0 Å². The third kappa shape index (κ3) is 4.50. The van der Waals surface area contributed by atoms with Crippen molar-refractivity contribution in [3.63, 3.8) is 0 Å². The van der Waals surface area contributed by atoms with Crippen molar-refractivity contribution in [1.82, 2.24) is 4.90 Å². The van der Waals surface area contributed by atoms with Gasteiger partial charge in [0.05, 0.1) is 36.1 Å². The third-order valence-corrected chi connectivity index (χ3v) is 5.07. The first-order chi connectivity index (χ1) is 15.1. The Balaban J connectivity index is 1.24.